The average Bonchev–Trinajstić information content (AvgIpc) is 3.38. The molecule has 0 amide bonds. The first-order valence-electron chi connectivity index (χ1n) is 9.45. The van der Waals surface area contributed by atoms with E-state index in [4.69, 9.17) is 22.1 Å². The smallest absolute Gasteiger partial charge is 0.395 e. The number of rotatable bonds is 3. The normalized spacial score (nSPS) is 13.4. The van der Waals surface area contributed by atoms with Gasteiger partial charge in [0, 0.05) is 43.3 Å². The minimum Gasteiger partial charge on any atom is -0.395 e. The molecule has 1 N–H and O–H groups in total. The summed E-state index contributed by atoms with van der Waals surface area (Å²) < 4.78 is 34.9. The maximum absolute atomic E-state index is 13.0. The molecule has 1 aromatic carbocycles. The van der Waals surface area contributed by atoms with Crippen molar-refractivity contribution in [2.45, 2.75) is 19.8 Å². The highest BCUT2D eigenvalue weighted by Crippen LogP contribution is 2.47. The maximum Gasteiger partial charge on any atom is 0.586 e. The Kier molecular flexibility index (Phi) is 7.11. The molecular weight excluding hydrogens is 454 g/mol. The van der Waals surface area contributed by atoms with Gasteiger partial charge in [0.2, 0.25) is 6.19 Å². The van der Waals surface area contributed by atoms with Crippen LogP contribution in [0.15, 0.2) is 53.9 Å². The lowest BCUT2D eigenvalue weighted by Crippen LogP contribution is -2.26. The summed E-state index contributed by atoms with van der Waals surface area (Å²) in [5.41, 5.74) is 2.26. The summed E-state index contributed by atoms with van der Waals surface area (Å²) in [7, 11) is 1.87. The maximum atomic E-state index is 13.0. The molecule has 0 radical (unpaired) electrons. The van der Waals surface area contributed by atoms with Crippen LogP contribution in [-0.2, 0) is 6.54 Å². The van der Waals surface area contributed by atoms with Gasteiger partial charge in [-0.25, -0.2) is 4.98 Å². The van der Waals surface area contributed by atoms with Gasteiger partial charge < -0.3 is 19.4 Å². The second-order valence-corrected chi connectivity index (χ2v) is 7.19. The number of fused-ring (bicyclic) bond motifs is 1. The number of alkyl halides is 2. The van der Waals surface area contributed by atoms with Crippen molar-refractivity contribution in [3.8, 4) is 34.9 Å². The Morgan fingerprint density at radius 1 is 1.21 bits per heavy atom. The third-order valence-electron chi connectivity index (χ3n) is 4.56. The van der Waals surface area contributed by atoms with Crippen LogP contribution in [0.2, 0.25) is 5.15 Å². The summed E-state index contributed by atoms with van der Waals surface area (Å²) in [6.45, 7) is 2.44. The molecule has 168 valence electrons. The molecule has 1 aliphatic rings. The third kappa shape index (κ3) is 5.76. The van der Waals surface area contributed by atoms with Gasteiger partial charge in [-0.15, -0.1) is 8.78 Å². The number of hydrogen-bond donors (Lipinski definition) is 1. The molecule has 0 unspecified atom stereocenters. The summed E-state index contributed by atoms with van der Waals surface area (Å²) >= 11 is 5.67. The summed E-state index contributed by atoms with van der Waals surface area (Å²) in [5.74, 6) is 0.577. The molecule has 0 aliphatic carbocycles. The van der Waals surface area contributed by atoms with E-state index in [2.05, 4.69) is 24.4 Å². The molecule has 1 aliphatic heterocycles. The van der Waals surface area contributed by atoms with Gasteiger partial charge in [0.15, 0.2) is 11.5 Å². The van der Waals surface area contributed by atoms with Gasteiger partial charge in [-0.3, -0.25) is 0 Å². The SMILES string of the molecule is CC(=NC#N)N(C)Cc1ccc(Cl)nc1.N#Cc1c[nH]cc1-c1cccc2c1OC(F)(F)O2. The second-order valence-electron chi connectivity index (χ2n) is 6.80. The molecule has 0 fully saturated rings. The first-order valence-corrected chi connectivity index (χ1v) is 9.83. The molecule has 3 heterocycles. The fourth-order valence-electron chi connectivity index (χ4n) is 2.91. The van der Waals surface area contributed by atoms with E-state index in [-0.39, 0.29) is 11.5 Å². The summed E-state index contributed by atoms with van der Waals surface area (Å²) in [6, 6.07) is 10.1. The standard InChI is InChI=1S/C12H6F2N2O2.C10H11ClN4/c13-12(14)17-10-3-1-2-8(11(10)18-12)9-6-16-5-7(9)4-15;1-8(14-7-12)15(2)6-9-3-4-10(11)13-5-9/h1-3,5-6,16H;3-5H,6H2,1-2H3. The Morgan fingerprint density at radius 2 is 2.00 bits per heavy atom. The minimum absolute atomic E-state index is 0.0393. The van der Waals surface area contributed by atoms with E-state index >= 15 is 0 Å². The minimum atomic E-state index is -3.67. The lowest BCUT2D eigenvalue weighted by Gasteiger charge is -2.17. The van der Waals surface area contributed by atoms with Crippen molar-refractivity contribution < 1.29 is 18.3 Å². The van der Waals surface area contributed by atoms with Gasteiger partial charge in [0.05, 0.1) is 5.56 Å². The lowest BCUT2D eigenvalue weighted by molar-refractivity contribution is -0.286. The van der Waals surface area contributed by atoms with E-state index in [1.54, 1.807) is 43.7 Å². The Morgan fingerprint density at radius 3 is 2.67 bits per heavy atom. The molecule has 0 saturated heterocycles. The zero-order valence-corrected chi connectivity index (χ0v) is 18.3. The topological polar surface area (TPSA) is 110 Å². The number of hydrogen-bond acceptors (Lipinski definition) is 6. The van der Waals surface area contributed by atoms with Gasteiger partial charge in [-0.05, 0) is 24.6 Å². The van der Waals surface area contributed by atoms with Crippen molar-refractivity contribution in [3.63, 3.8) is 0 Å². The van der Waals surface area contributed by atoms with Crippen molar-refractivity contribution in [2.75, 3.05) is 7.05 Å². The molecule has 4 rings (SSSR count). The quantitative estimate of drug-likeness (QED) is 0.251. The van der Waals surface area contributed by atoms with E-state index in [0.29, 0.717) is 34.2 Å². The van der Waals surface area contributed by atoms with Gasteiger partial charge >= 0.3 is 6.29 Å². The van der Waals surface area contributed by atoms with Crippen LogP contribution in [0.3, 0.4) is 0 Å². The Hall–Kier alpha value is -4.15. The van der Waals surface area contributed by atoms with Crippen LogP contribution in [0.4, 0.5) is 8.78 Å². The number of para-hydroxylation sites is 1. The number of nitrogens with zero attached hydrogens (tertiary/aromatic N) is 5. The first kappa shape index (κ1) is 23.5. The van der Waals surface area contributed by atoms with Crippen LogP contribution in [-0.4, -0.2) is 34.0 Å². The molecule has 0 saturated carbocycles. The number of halogens is 3. The molecule has 2 aromatic heterocycles. The van der Waals surface area contributed by atoms with E-state index in [1.165, 1.54) is 12.3 Å². The monoisotopic (exact) mass is 470 g/mol. The Balaban J connectivity index is 0.000000190. The van der Waals surface area contributed by atoms with Crippen molar-refractivity contribution >= 4 is 17.4 Å². The number of amidine groups is 1. The predicted molar refractivity (Wildman–Crippen MR) is 117 cm³/mol. The van der Waals surface area contributed by atoms with Crippen LogP contribution < -0.4 is 9.47 Å². The zero-order chi connectivity index (χ0) is 24.0. The molecule has 0 spiro atoms. The van der Waals surface area contributed by atoms with Crippen molar-refractivity contribution in [2.24, 2.45) is 4.99 Å². The van der Waals surface area contributed by atoms with Gasteiger partial charge in [-0.2, -0.15) is 15.5 Å². The van der Waals surface area contributed by atoms with E-state index in [9.17, 15) is 8.78 Å². The highest BCUT2D eigenvalue weighted by Gasteiger charge is 2.44. The number of nitrogens with one attached hydrogen (secondary N) is 1. The Labute approximate surface area is 193 Å². The van der Waals surface area contributed by atoms with E-state index in [0.717, 1.165) is 5.56 Å². The van der Waals surface area contributed by atoms with E-state index < -0.39 is 6.29 Å². The zero-order valence-electron chi connectivity index (χ0n) is 17.5. The fraction of sp³-hybridized carbons (Fsp3) is 0.182. The van der Waals surface area contributed by atoms with Crippen LogP contribution >= 0.6 is 11.6 Å². The molecular formula is C22H17ClF2N6O2. The van der Waals surface area contributed by atoms with Gasteiger partial charge in [0.1, 0.15) is 17.1 Å². The molecule has 33 heavy (non-hydrogen) atoms. The largest absolute Gasteiger partial charge is 0.586 e. The Bertz CT molecular complexity index is 1250. The first-order chi connectivity index (χ1) is 15.7. The predicted octanol–water partition coefficient (Wildman–Crippen LogP) is 4.94. The average molecular weight is 471 g/mol. The van der Waals surface area contributed by atoms with Crippen LogP contribution in [0, 0.1) is 22.8 Å². The highest BCUT2D eigenvalue weighted by molar-refractivity contribution is 6.29. The third-order valence-corrected chi connectivity index (χ3v) is 4.78. The molecule has 0 bridgehead atoms. The van der Waals surface area contributed by atoms with Crippen molar-refractivity contribution in [3.05, 3.63) is 65.2 Å². The number of aromatic amines is 1. The van der Waals surface area contributed by atoms with Crippen LogP contribution in [0.5, 0.6) is 11.5 Å². The molecule has 8 nitrogen and oxygen atoms in total. The van der Waals surface area contributed by atoms with Crippen LogP contribution in [0.1, 0.15) is 18.1 Å². The number of aromatic nitrogens is 2. The van der Waals surface area contributed by atoms with Crippen molar-refractivity contribution in [1.82, 2.24) is 14.9 Å². The summed E-state index contributed by atoms with van der Waals surface area (Å²) in [6.07, 6.45) is 2.83. The summed E-state index contributed by atoms with van der Waals surface area (Å²) in [5, 5.41) is 17.8. The van der Waals surface area contributed by atoms with Crippen LogP contribution in [0.25, 0.3) is 11.1 Å². The number of benzene rings is 1. The number of H-pyrrole nitrogens is 1. The lowest BCUT2D eigenvalue weighted by atomic mass is 10.0. The highest BCUT2D eigenvalue weighted by atomic mass is 35.5. The molecule has 0 atom stereocenters. The summed E-state index contributed by atoms with van der Waals surface area (Å²) in [4.78, 5) is 12.2. The van der Waals surface area contributed by atoms with Crippen molar-refractivity contribution in [1.29, 1.82) is 10.5 Å². The molecule has 11 heteroatoms. The van der Waals surface area contributed by atoms with Gasteiger partial charge in [-0.1, -0.05) is 29.8 Å². The van der Waals surface area contributed by atoms with Gasteiger partial charge in [0.25, 0.3) is 0 Å². The number of nitriles is 2. The molecule has 3 aromatic rings. The van der Waals surface area contributed by atoms with E-state index in [1.807, 2.05) is 24.1 Å². The second kappa shape index (κ2) is 9.98. The fourth-order valence-corrected chi connectivity index (χ4v) is 3.02. The number of pyridine rings is 1. The number of ether oxygens (including phenoxy) is 2. The number of aliphatic imine (C=N–C) groups is 1.